The molecule has 0 aliphatic carbocycles. The molecule has 0 radical (unpaired) electrons. The molecule has 0 spiro atoms. The number of nitrogens with zero attached hydrogens (tertiary/aromatic N) is 2. The quantitative estimate of drug-likeness (QED) is 0.683. The van der Waals surface area contributed by atoms with Crippen LogP contribution >= 0.6 is 0 Å². The summed E-state index contributed by atoms with van der Waals surface area (Å²) in [6.07, 6.45) is 1.12. The van der Waals surface area contributed by atoms with Crippen LogP contribution in [-0.2, 0) is 24.4 Å². The van der Waals surface area contributed by atoms with Crippen LogP contribution in [0.1, 0.15) is 25.3 Å². The molecule has 2 heterocycles. The summed E-state index contributed by atoms with van der Waals surface area (Å²) in [6, 6.07) is 13.3. The number of hydrogen-bond donors (Lipinski definition) is 1. The maximum Gasteiger partial charge on any atom is 0.329 e. The number of nitrogens with one attached hydrogen (secondary N) is 1. The second kappa shape index (κ2) is 7.80. The highest BCUT2D eigenvalue weighted by Crippen LogP contribution is 2.32. The maximum atomic E-state index is 12.7. The highest BCUT2D eigenvalue weighted by Gasteiger charge is 2.15. The lowest BCUT2D eigenvalue weighted by Crippen LogP contribution is -2.28. The van der Waals surface area contributed by atoms with Crippen molar-refractivity contribution in [3.05, 3.63) is 58.5 Å². The van der Waals surface area contributed by atoms with E-state index in [0.29, 0.717) is 25.4 Å². The van der Waals surface area contributed by atoms with E-state index >= 15 is 0 Å². The third-order valence-corrected chi connectivity index (χ3v) is 4.86. The molecule has 3 aromatic rings. The van der Waals surface area contributed by atoms with E-state index in [2.05, 4.69) is 5.32 Å². The Morgan fingerprint density at radius 2 is 1.75 bits per heavy atom. The normalized spacial score (nSPS) is 12.5. The van der Waals surface area contributed by atoms with Crippen molar-refractivity contribution in [3.8, 4) is 11.5 Å². The first-order valence-electron chi connectivity index (χ1n) is 9.50. The highest BCUT2D eigenvalue weighted by molar-refractivity contribution is 5.78. The molecule has 2 aromatic carbocycles. The van der Waals surface area contributed by atoms with Crippen molar-refractivity contribution in [2.75, 3.05) is 6.79 Å². The molecule has 146 valence electrons. The molecule has 1 amide bonds. The van der Waals surface area contributed by atoms with Gasteiger partial charge in [0.1, 0.15) is 0 Å². The first kappa shape index (κ1) is 18.2. The number of ether oxygens (including phenoxy) is 2. The minimum absolute atomic E-state index is 0.0633. The van der Waals surface area contributed by atoms with Crippen molar-refractivity contribution in [2.24, 2.45) is 0 Å². The van der Waals surface area contributed by atoms with Crippen molar-refractivity contribution in [1.82, 2.24) is 14.5 Å². The number of fused-ring (bicyclic) bond motifs is 2. The molecular weight excluding hydrogens is 358 g/mol. The average molecular weight is 381 g/mol. The predicted octanol–water partition coefficient (Wildman–Crippen LogP) is 2.65. The third kappa shape index (κ3) is 3.47. The standard InChI is InChI=1S/C21H23N3O4/c1-2-10-23-16-5-3-4-6-17(16)24(21(23)26)11-9-20(25)22-13-15-7-8-18-19(12-15)28-14-27-18/h3-8,12H,2,9-11,13-14H2,1H3,(H,22,25). The van der Waals surface area contributed by atoms with Gasteiger partial charge in [-0.1, -0.05) is 25.1 Å². The van der Waals surface area contributed by atoms with Crippen molar-refractivity contribution in [1.29, 1.82) is 0 Å². The SMILES string of the molecule is CCCn1c(=O)n(CCC(=O)NCc2ccc3c(c2)OCO3)c2ccccc21. The third-order valence-electron chi connectivity index (χ3n) is 4.86. The Morgan fingerprint density at radius 1 is 1.04 bits per heavy atom. The minimum Gasteiger partial charge on any atom is -0.454 e. The van der Waals surface area contributed by atoms with Gasteiger partial charge in [-0.05, 0) is 36.2 Å². The van der Waals surface area contributed by atoms with Crippen molar-refractivity contribution < 1.29 is 14.3 Å². The molecule has 0 fully saturated rings. The molecule has 1 N–H and O–H groups in total. The lowest BCUT2D eigenvalue weighted by Gasteiger charge is -2.07. The summed E-state index contributed by atoms with van der Waals surface area (Å²) in [5.41, 5.74) is 2.65. The zero-order valence-electron chi connectivity index (χ0n) is 15.8. The van der Waals surface area contributed by atoms with Gasteiger partial charge in [0.2, 0.25) is 12.7 Å². The summed E-state index contributed by atoms with van der Waals surface area (Å²) in [5, 5.41) is 2.90. The van der Waals surface area contributed by atoms with E-state index < -0.39 is 0 Å². The van der Waals surface area contributed by atoms with Crippen LogP contribution in [0.2, 0.25) is 0 Å². The van der Waals surface area contributed by atoms with Gasteiger partial charge in [-0.3, -0.25) is 13.9 Å². The Kier molecular flexibility index (Phi) is 5.06. The van der Waals surface area contributed by atoms with Gasteiger partial charge in [-0.15, -0.1) is 0 Å². The van der Waals surface area contributed by atoms with Crippen LogP contribution in [0.3, 0.4) is 0 Å². The van der Waals surface area contributed by atoms with E-state index in [4.69, 9.17) is 9.47 Å². The van der Waals surface area contributed by atoms with Crippen LogP contribution in [0.15, 0.2) is 47.3 Å². The number of amides is 1. The Labute approximate surface area is 162 Å². The molecule has 7 heteroatoms. The Hall–Kier alpha value is -3.22. The molecule has 7 nitrogen and oxygen atoms in total. The molecule has 0 atom stereocenters. The van der Waals surface area contributed by atoms with Crippen LogP contribution in [0.5, 0.6) is 11.5 Å². The summed E-state index contributed by atoms with van der Waals surface area (Å²) in [7, 11) is 0. The number of benzene rings is 2. The molecule has 1 aromatic heterocycles. The Bertz CT molecular complexity index is 1070. The average Bonchev–Trinajstić information content (AvgIpc) is 3.28. The lowest BCUT2D eigenvalue weighted by molar-refractivity contribution is -0.121. The molecule has 4 rings (SSSR count). The van der Waals surface area contributed by atoms with Gasteiger partial charge in [-0.2, -0.15) is 0 Å². The topological polar surface area (TPSA) is 74.5 Å². The van der Waals surface area contributed by atoms with Crippen LogP contribution in [0.4, 0.5) is 0 Å². The van der Waals surface area contributed by atoms with E-state index in [1.54, 1.807) is 9.13 Å². The van der Waals surface area contributed by atoms with E-state index in [1.165, 1.54) is 0 Å². The fourth-order valence-corrected chi connectivity index (χ4v) is 3.48. The van der Waals surface area contributed by atoms with Crippen molar-refractivity contribution >= 4 is 16.9 Å². The molecular formula is C21H23N3O4. The number of rotatable bonds is 7. The van der Waals surface area contributed by atoms with E-state index in [1.807, 2.05) is 49.4 Å². The number of hydrogen-bond acceptors (Lipinski definition) is 4. The summed E-state index contributed by atoms with van der Waals surface area (Å²) in [6.45, 7) is 3.70. The van der Waals surface area contributed by atoms with Crippen LogP contribution in [-0.4, -0.2) is 21.8 Å². The molecule has 1 aliphatic rings. The van der Waals surface area contributed by atoms with Gasteiger partial charge in [0, 0.05) is 26.1 Å². The number of para-hydroxylation sites is 2. The first-order valence-corrected chi connectivity index (χ1v) is 9.50. The molecule has 0 saturated heterocycles. The number of aryl methyl sites for hydroxylation is 2. The van der Waals surface area contributed by atoms with Crippen LogP contribution in [0, 0.1) is 0 Å². The van der Waals surface area contributed by atoms with Crippen molar-refractivity contribution in [2.45, 2.75) is 39.4 Å². The summed E-state index contributed by atoms with van der Waals surface area (Å²) >= 11 is 0. The van der Waals surface area contributed by atoms with Crippen LogP contribution < -0.4 is 20.5 Å². The van der Waals surface area contributed by atoms with Gasteiger partial charge in [-0.25, -0.2) is 4.79 Å². The fourth-order valence-electron chi connectivity index (χ4n) is 3.48. The summed E-state index contributed by atoms with van der Waals surface area (Å²) < 4.78 is 14.1. The van der Waals surface area contributed by atoms with Gasteiger partial charge in [0.25, 0.3) is 0 Å². The zero-order chi connectivity index (χ0) is 19.5. The van der Waals surface area contributed by atoms with Gasteiger partial charge in [0.05, 0.1) is 11.0 Å². The number of carbonyl (C=O) groups excluding carboxylic acids is 1. The molecule has 1 aliphatic heterocycles. The van der Waals surface area contributed by atoms with Gasteiger partial charge >= 0.3 is 5.69 Å². The summed E-state index contributed by atoms with van der Waals surface area (Å²) in [4.78, 5) is 25.1. The monoisotopic (exact) mass is 381 g/mol. The molecule has 0 unspecified atom stereocenters. The lowest BCUT2D eigenvalue weighted by atomic mass is 10.2. The Morgan fingerprint density at radius 3 is 2.50 bits per heavy atom. The smallest absolute Gasteiger partial charge is 0.329 e. The number of imidazole rings is 1. The predicted molar refractivity (Wildman–Crippen MR) is 106 cm³/mol. The van der Waals surface area contributed by atoms with Crippen LogP contribution in [0.25, 0.3) is 11.0 Å². The van der Waals surface area contributed by atoms with Gasteiger partial charge in [0.15, 0.2) is 11.5 Å². The maximum absolute atomic E-state index is 12.7. The van der Waals surface area contributed by atoms with E-state index in [0.717, 1.165) is 28.8 Å². The Balaban J connectivity index is 1.41. The summed E-state index contributed by atoms with van der Waals surface area (Å²) in [5.74, 6) is 1.32. The van der Waals surface area contributed by atoms with Gasteiger partial charge < -0.3 is 14.8 Å². The van der Waals surface area contributed by atoms with E-state index in [9.17, 15) is 9.59 Å². The second-order valence-electron chi connectivity index (χ2n) is 6.79. The minimum atomic E-state index is -0.100. The number of carbonyl (C=O) groups is 1. The number of aromatic nitrogens is 2. The molecule has 0 bridgehead atoms. The molecule has 28 heavy (non-hydrogen) atoms. The largest absolute Gasteiger partial charge is 0.454 e. The van der Waals surface area contributed by atoms with Crippen molar-refractivity contribution in [3.63, 3.8) is 0 Å². The first-order chi connectivity index (χ1) is 13.7. The zero-order valence-corrected chi connectivity index (χ0v) is 15.8. The molecule has 0 saturated carbocycles. The second-order valence-corrected chi connectivity index (χ2v) is 6.79. The van der Waals surface area contributed by atoms with E-state index in [-0.39, 0.29) is 24.8 Å². The fraction of sp³-hybridized carbons (Fsp3) is 0.333. The highest BCUT2D eigenvalue weighted by atomic mass is 16.7.